The molecule has 2 N–H and O–H groups in total. The van der Waals surface area contributed by atoms with Crippen LogP contribution in [0.2, 0.25) is 0 Å². The van der Waals surface area contributed by atoms with E-state index in [4.69, 9.17) is 0 Å². The van der Waals surface area contributed by atoms with E-state index in [1.165, 1.54) is 0 Å². The van der Waals surface area contributed by atoms with Crippen LogP contribution < -0.4 is 5.32 Å². The van der Waals surface area contributed by atoms with Crippen molar-refractivity contribution < 1.29 is 4.79 Å². The molecular weight excluding hydrogens is 276 g/mol. The fraction of sp³-hybridized carbons (Fsp3) is 0.235. The number of nitrogens with zero attached hydrogens (tertiary/aromatic N) is 2. The number of aromatic amines is 1. The number of H-pyrrole nitrogens is 1. The summed E-state index contributed by atoms with van der Waals surface area (Å²) in [7, 11) is 0. The van der Waals surface area contributed by atoms with Crippen molar-refractivity contribution in [2.24, 2.45) is 0 Å². The van der Waals surface area contributed by atoms with Crippen molar-refractivity contribution in [2.45, 2.75) is 26.3 Å². The number of para-hydroxylation sites is 1. The van der Waals surface area contributed by atoms with E-state index in [9.17, 15) is 4.79 Å². The van der Waals surface area contributed by atoms with Crippen molar-refractivity contribution in [3.05, 3.63) is 59.5 Å². The molecule has 0 unspecified atom stereocenters. The molecule has 0 saturated heterocycles. The van der Waals surface area contributed by atoms with Gasteiger partial charge in [0.1, 0.15) is 5.69 Å². The van der Waals surface area contributed by atoms with E-state index < -0.39 is 0 Å². The Morgan fingerprint density at radius 1 is 1.27 bits per heavy atom. The first-order valence-electron chi connectivity index (χ1n) is 7.31. The topological polar surface area (TPSA) is 70.7 Å². The first kappa shape index (κ1) is 14.3. The van der Waals surface area contributed by atoms with Gasteiger partial charge in [-0.2, -0.15) is 5.10 Å². The minimum absolute atomic E-state index is 0.177. The normalized spacial score (nSPS) is 11.0. The minimum Gasteiger partial charge on any atom is -0.347 e. The number of rotatable bonds is 4. The third-order valence-electron chi connectivity index (χ3n) is 3.63. The van der Waals surface area contributed by atoms with Crippen molar-refractivity contribution in [1.82, 2.24) is 20.5 Å². The van der Waals surface area contributed by atoms with Gasteiger partial charge in [0.2, 0.25) is 0 Å². The predicted octanol–water partition coefficient (Wildman–Crippen LogP) is 3.01. The van der Waals surface area contributed by atoms with Gasteiger partial charge in [0.25, 0.3) is 5.91 Å². The quantitative estimate of drug-likeness (QED) is 0.777. The van der Waals surface area contributed by atoms with Crippen molar-refractivity contribution in [3.8, 4) is 0 Å². The number of hydrogen-bond acceptors (Lipinski definition) is 3. The lowest BCUT2D eigenvalue weighted by Gasteiger charge is -2.06. The number of carbonyl (C=O) groups excluding carboxylic acids is 1. The van der Waals surface area contributed by atoms with Gasteiger partial charge in [-0.25, -0.2) is 0 Å². The first-order valence-corrected chi connectivity index (χ1v) is 7.31. The molecule has 1 aromatic carbocycles. The summed E-state index contributed by atoms with van der Waals surface area (Å²) in [5, 5.41) is 10.9. The number of nitrogens with one attached hydrogen (secondary N) is 2. The predicted molar refractivity (Wildman–Crippen MR) is 85.6 cm³/mol. The van der Waals surface area contributed by atoms with E-state index in [1.54, 1.807) is 12.3 Å². The third-order valence-corrected chi connectivity index (χ3v) is 3.63. The molecule has 5 nitrogen and oxygen atoms in total. The molecule has 0 aliphatic rings. The Bertz CT molecular complexity index is 802. The van der Waals surface area contributed by atoms with E-state index >= 15 is 0 Å². The number of benzene rings is 1. The monoisotopic (exact) mass is 294 g/mol. The number of pyridine rings is 1. The van der Waals surface area contributed by atoms with Gasteiger partial charge >= 0.3 is 0 Å². The standard InChI is InChI=1S/C17H18N4O/c1-11(2)15-9-16(21-20-15)17(22)19-10-12-7-8-18-14-6-4-3-5-13(12)14/h3-9,11H,10H2,1-2H3,(H,19,22)(H,20,21). The Hall–Kier alpha value is -2.69. The Balaban J connectivity index is 1.74. The maximum atomic E-state index is 12.2. The Labute approximate surface area is 128 Å². The second kappa shape index (κ2) is 5.97. The van der Waals surface area contributed by atoms with Gasteiger partial charge in [-0.05, 0) is 29.7 Å². The number of hydrogen-bond donors (Lipinski definition) is 2. The highest BCUT2D eigenvalue weighted by Crippen LogP contribution is 2.16. The van der Waals surface area contributed by atoms with Crippen LogP contribution in [-0.2, 0) is 6.54 Å². The lowest BCUT2D eigenvalue weighted by molar-refractivity contribution is 0.0946. The fourth-order valence-corrected chi connectivity index (χ4v) is 2.32. The molecule has 2 heterocycles. The minimum atomic E-state index is -0.177. The van der Waals surface area contributed by atoms with Gasteiger partial charge in [0.05, 0.1) is 5.52 Å². The van der Waals surface area contributed by atoms with Crippen LogP contribution in [0.3, 0.4) is 0 Å². The summed E-state index contributed by atoms with van der Waals surface area (Å²) >= 11 is 0. The van der Waals surface area contributed by atoms with Crippen molar-refractivity contribution in [2.75, 3.05) is 0 Å². The Morgan fingerprint density at radius 3 is 2.86 bits per heavy atom. The maximum Gasteiger partial charge on any atom is 0.272 e. The summed E-state index contributed by atoms with van der Waals surface area (Å²) < 4.78 is 0. The van der Waals surface area contributed by atoms with Crippen LogP contribution in [0, 0.1) is 0 Å². The first-order chi connectivity index (χ1) is 10.6. The highest BCUT2D eigenvalue weighted by molar-refractivity contribution is 5.92. The van der Waals surface area contributed by atoms with E-state index in [2.05, 4.69) is 34.3 Å². The number of amides is 1. The molecule has 0 spiro atoms. The van der Waals surface area contributed by atoms with Crippen LogP contribution in [0.1, 0.15) is 41.5 Å². The molecule has 5 heteroatoms. The largest absolute Gasteiger partial charge is 0.347 e. The van der Waals surface area contributed by atoms with Crippen LogP contribution in [0.25, 0.3) is 10.9 Å². The van der Waals surface area contributed by atoms with E-state index in [0.717, 1.165) is 22.2 Å². The fourth-order valence-electron chi connectivity index (χ4n) is 2.32. The smallest absolute Gasteiger partial charge is 0.272 e. The second-order valence-electron chi connectivity index (χ2n) is 5.53. The van der Waals surface area contributed by atoms with Crippen LogP contribution in [-0.4, -0.2) is 21.1 Å². The maximum absolute atomic E-state index is 12.2. The third kappa shape index (κ3) is 2.83. The van der Waals surface area contributed by atoms with Gasteiger partial charge < -0.3 is 5.32 Å². The summed E-state index contributed by atoms with van der Waals surface area (Å²) in [4.78, 5) is 16.5. The second-order valence-corrected chi connectivity index (χ2v) is 5.53. The average molecular weight is 294 g/mol. The summed E-state index contributed by atoms with van der Waals surface area (Å²) in [6.45, 7) is 4.56. The van der Waals surface area contributed by atoms with Crippen molar-refractivity contribution in [1.29, 1.82) is 0 Å². The molecule has 0 fully saturated rings. The molecule has 0 aliphatic heterocycles. The SMILES string of the molecule is CC(C)c1cc(C(=O)NCc2ccnc3ccccc23)n[nH]1. The number of fused-ring (bicyclic) bond motifs is 1. The van der Waals surface area contributed by atoms with E-state index in [1.807, 2.05) is 30.3 Å². The molecule has 3 rings (SSSR count). The molecule has 112 valence electrons. The number of aromatic nitrogens is 3. The van der Waals surface area contributed by atoms with Gasteiger partial charge in [-0.3, -0.25) is 14.9 Å². The van der Waals surface area contributed by atoms with Crippen LogP contribution in [0.15, 0.2) is 42.6 Å². The summed E-state index contributed by atoms with van der Waals surface area (Å²) in [5.41, 5.74) is 3.34. The molecule has 0 atom stereocenters. The van der Waals surface area contributed by atoms with Gasteiger partial charge in [0.15, 0.2) is 0 Å². The zero-order valence-electron chi connectivity index (χ0n) is 12.6. The van der Waals surface area contributed by atoms with Crippen LogP contribution >= 0.6 is 0 Å². The van der Waals surface area contributed by atoms with Crippen LogP contribution in [0.4, 0.5) is 0 Å². The average Bonchev–Trinajstić information content (AvgIpc) is 3.03. The van der Waals surface area contributed by atoms with Crippen molar-refractivity contribution >= 4 is 16.8 Å². The van der Waals surface area contributed by atoms with E-state index in [0.29, 0.717) is 18.2 Å². The molecule has 3 aromatic rings. The molecule has 2 aromatic heterocycles. The lowest BCUT2D eigenvalue weighted by Crippen LogP contribution is -2.23. The molecule has 0 saturated carbocycles. The Kier molecular flexibility index (Phi) is 3.87. The van der Waals surface area contributed by atoms with Gasteiger partial charge in [-0.15, -0.1) is 0 Å². The Morgan fingerprint density at radius 2 is 2.09 bits per heavy atom. The molecule has 22 heavy (non-hydrogen) atoms. The molecule has 0 radical (unpaired) electrons. The van der Waals surface area contributed by atoms with E-state index in [-0.39, 0.29) is 5.91 Å². The molecular formula is C17H18N4O. The summed E-state index contributed by atoms with van der Waals surface area (Å²) in [5.74, 6) is 0.141. The zero-order chi connectivity index (χ0) is 15.5. The van der Waals surface area contributed by atoms with Crippen LogP contribution in [0.5, 0.6) is 0 Å². The summed E-state index contributed by atoms with van der Waals surface area (Å²) in [6, 6.07) is 11.6. The zero-order valence-corrected chi connectivity index (χ0v) is 12.6. The van der Waals surface area contributed by atoms with Gasteiger partial charge in [-0.1, -0.05) is 32.0 Å². The molecule has 1 amide bonds. The summed E-state index contributed by atoms with van der Waals surface area (Å²) in [6.07, 6.45) is 1.76. The lowest BCUT2D eigenvalue weighted by atomic mass is 10.1. The van der Waals surface area contributed by atoms with Gasteiger partial charge in [0, 0.05) is 23.8 Å². The van der Waals surface area contributed by atoms with Crippen molar-refractivity contribution in [3.63, 3.8) is 0 Å². The number of carbonyl (C=O) groups is 1. The highest BCUT2D eigenvalue weighted by Gasteiger charge is 2.12. The molecule has 0 bridgehead atoms. The molecule has 0 aliphatic carbocycles. The highest BCUT2D eigenvalue weighted by atomic mass is 16.1.